The van der Waals surface area contributed by atoms with E-state index >= 15 is 0 Å². The molecule has 2 aliphatic heterocycles. The van der Waals surface area contributed by atoms with Gasteiger partial charge in [-0.25, -0.2) is 0 Å². The molecule has 0 radical (unpaired) electrons. The van der Waals surface area contributed by atoms with E-state index in [0.717, 1.165) is 48.6 Å². The summed E-state index contributed by atoms with van der Waals surface area (Å²) in [6, 6.07) is 13.4. The number of benzene rings is 2. The Morgan fingerprint density at radius 2 is 1.70 bits per heavy atom. The zero-order chi connectivity index (χ0) is 13.4. The zero-order valence-corrected chi connectivity index (χ0v) is 11.3. The molecule has 0 aromatic heterocycles. The highest BCUT2D eigenvalue weighted by Crippen LogP contribution is 2.29. The molecule has 4 nitrogen and oxygen atoms in total. The molecule has 2 aromatic carbocycles. The average molecular weight is 270 g/mol. The molecule has 0 bridgehead atoms. The van der Waals surface area contributed by atoms with Crippen molar-refractivity contribution in [2.75, 3.05) is 26.3 Å². The van der Waals surface area contributed by atoms with E-state index in [0.29, 0.717) is 12.1 Å². The van der Waals surface area contributed by atoms with Gasteiger partial charge in [-0.2, -0.15) is 0 Å². The molecule has 2 N–H and O–H groups in total. The lowest BCUT2D eigenvalue weighted by molar-refractivity contribution is 0.319. The molecule has 2 heterocycles. The largest absolute Gasteiger partial charge is 0.492 e. The summed E-state index contributed by atoms with van der Waals surface area (Å²) in [4.78, 5) is 0. The van der Waals surface area contributed by atoms with Crippen molar-refractivity contribution in [1.29, 1.82) is 0 Å². The second-order valence-corrected chi connectivity index (χ2v) is 5.47. The molecule has 2 atom stereocenters. The highest BCUT2D eigenvalue weighted by Gasteiger charge is 2.21. The van der Waals surface area contributed by atoms with Gasteiger partial charge in [0.1, 0.15) is 24.7 Å². The lowest BCUT2D eigenvalue weighted by atomic mass is 10.1. The topological polar surface area (TPSA) is 62.3 Å². The van der Waals surface area contributed by atoms with Crippen LogP contribution in [-0.4, -0.2) is 38.4 Å². The van der Waals surface area contributed by atoms with E-state index in [9.17, 15) is 0 Å². The Hall–Kier alpha value is -1.78. The first-order chi connectivity index (χ1) is 9.88. The van der Waals surface area contributed by atoms with Crippen molar-refractivity contribution in [2.45, 2.75) is 12.1 Å². The van der Waals surface area contributed by atoms with Crippen LogP contribution in [0.5, 0.6) is 11.5 Å². The summed E-state index contributed by atoms with van der Waals surface area (Å²) in [5, 5.41) is 8.78. The van der Waals surface area contributed by atoms with Crippen molar-refractivity contribution in [3.63, 3.8) is 0 Å². The maximum Gasteiger partial charge on any atom is 0.127 e. The third-order valence-corrected chi connectivity index (χ3v) is 3.69. The molecule has 104 valence electrons. The van der Waals surface area contributed by atoms with E-state index in [1.165, 1.54) is 0 Å². The van der Waals surface area contributed by atoms with Crippen molar-refractivity contribution in [2.24, 2.45) is 0 Å². The Morgan fingerprint density at radius 3 is 2.45 bits per heavy atom. The van der Waals surface area contributed by atoms with Crippen LogP contribution >= 0.6 is 0 Å². The highest BCUT2D eigenvalue weighted by molar-refractivity contribution is 5.89. The minimum Gasteiger partial charge on any atom is -0.492 e. The van der Waals surface area contributed by atoms with Crippen LogP contribution in [0.1, 0.15) is 0 Å². The van der Waals surface area contributed by atoms with Crippen molar-refractivity contribution in [3.05, 3.63) is 36.4 Å². The van der Waals surface area contributed by atoms with Crippen molar-refractivity contribution >= 4 is 10.8 Å². The predicted octanol–water partition coefficient (Wildman–Crippen LogP) is 1.54. The number of nitrogens with one attached hydrogen (secondary N) is 2. The Labute approximate surface area is 118 Å². The van der Waals surface area contributed by atoms with Crippen LogP contribution in [0.3, 0.4) is 0 Å². The maximum absolute atomic E-state index is 5.88. The van der Waals surface area contributed by atoms with Gasteiger partial charge in [-0.3, -0.25) is 0 Å². The summed E-state index contributed by atoms with van der Waals surface area (Å²) in [5.74, 6) is 1.87. The van der Waals surface area contributed by atoms with Crippen LogP contribution in [0.15, 0.2) is 36.4 Å². The predicted molar refractivity (Wildman–Crippen MR) is 78.5 cm³/mol. The molecule has 20 heavy (non-hydrogen) atoms. The highest BCUT2D eigenvalue weighted by atomic mass is 16.5. The van der Waals surface area contributed by atoms with E-state index in [-0.39, 0.29) is 0 Å². The summed E-state index contributed by atoms with van der Waals surface area (Å²) in [6.07, 6.45) is 0. The third kappa shape index (κ3) is 2.71. The van der Waals surface area contributed by atoms with E-state index in [4.69, 9.17) is 9.47 Å². The number of hydrogen-bond acceptors (Lipinski definition) is 4. The van der Waals surface area contributed by atoms with Crippen LogP contribution in [0.4, 0.5) is 0 Å². The monoisotopic (exact) mass is 270 g/mol. The molecule has 0 saturated carbocycles. The van der Waals surface area contributed by atoms with E-state index in [1.54, 1.807) is 0 Å². The van der Waals surface area contributed by atoms with Crippen LogP contribution in [0, 0.1) is 0 Å². The summed E-state index contributed by atoms with van der Waals surface area (Å²) >= 11 is 0. The normalized spacial score (nSPS) is 23.6. The zero-order valence-electron chi connectivity index (χ0n) is 11.3. The van der Waals surface area contributed by atoms with Gasteiger partial charge in [-0.15, -0.1) is 0 Å². The minimum atomic E-state index is 0.527. The fourth-order valence-corrected chi connectivity index (χ4v) is 2.24. The van der Waals surface area contributed by atoms with Gasteiger partial charge in [-0.05, 0) is 29.7 Å². The molecule has 4 heteroatoms. The van der Waals surface area contributed by atoms with Gasteiger partial charge in [0.2, 0.25) is 0 Å². The second kappa shape index (κ2) is 4.96. The Balaban J connectivity index is 1.54. The molecule has 4 rings (SSSR count). The standard InChI is InChI=1S/C16H18N2O2/c1-2-11-6-14(19-9-12-7-17-12)4-5-15(11)16(3-1)20-10-13-8-18-13/h1-6,12-13,17-18H,7-10H2. The third-order valence-electron chi connectivity index (χ3n) is 3.69. The van der Waals surface area contributed by atoms with Gasteiger partial charge in [0, 0.05) is 18.5 Å². The molecule has 0 spiro atoms. The molecule has 0 amide bonds. The first-order valence-corrected chi connectivity index (χ1v) is 7.14. The quantitative estimate of drug-likeness (QED) is 0.782. The summed E-state index contributed by atoms with van der Waals surface area (Å²) in [6.45, 7) is 3.62. The second-order valence-electron chi connectivity index (χ2n) is 5.47. The summed E-state index contributed by atoms with van der Waals surface area (Å²) in [5.41, 5.74) is 0. The van der Waals surface area contributed by atoms with E-state index in [1.807, 2.05) is 18.2 Å². The number of ether oxygens (including phenoxy) is 2. The Bertz CT molecular complexity index is 621. The Kier molecular flexibility index (Phi) is 2.98. The van der Waals surface area contributed by atoms with E-state index in [2.05, 4.69) is 28.8 Å². The Morgan fingerprint density at radius 1 is 0.950 bits per heavy atom. The van der Waals surface area contributed by atoms with Gasteiger partial charge >= 0.3 is 0 Å². The molecule has 2 aromatic rings. The fraction of sp³-hybridized carbons (Fsp3) is 0.375. The average Bonchev–Trinajstić information content (AvgIpc) is 3.37. The van der Waals surface area contributed by atoms with E-state index < -0.39 is 0 Å². The van der Waals surface area contributed by atoms with Crippen LogP contribution in [0.25, 0.3) is 10.8 Å². The number of hydrogen-bond donors (Lipinski definition) is 2. The van der Waals surface area contributed by atoms with Gasteiger partial charge in [0.15, 0.2) is 0 Å². The van der Waals surface area contributed by atoms with Gasteiger partial charge < -0.3 is 20.1 Å². The molecular weight excluding hydrogens is 252 g/mol. The smallest absolute Gasteiger partial charge is 0.127 e. The van der Waals surface area contributed by atoms with Gasteiger partial charge in [0.25, 0.3) is 0 Å². The first kappa shape index (κ1) is 12.0. The number of rotatable bonds is 6. The van der Waals surface area contributed by atoms with Crippen molar-refractivity contribution < 1.29 is 9.47 Å². The summed E-state index contributed by atoms with van der Waals surface area (Å²) < 4.78 is 11.7. The van der Waals surface area contributed by atoms with Gasteiger partial charge in [-0.1, -0.05) is 12.1 Å². The minimum absolute atomic E-state index is 0.527. The van der Waals surface area contributed by atoms with Crippen LogP contribution in [0.2, 0.25) is 0 Å². The molecule has 2 aliphatic rings. The maximum atomic E-state index is 5.88. The lowest BCUT2D eigenvalue weighted by Gasteiger charge is -2.10. The fourth-order valence-electron chi connectivity index (χ4n) is 2.24. The summed E-state index contributed by atoms with van der Waals surface area (Å²) in [7, 11) is 0. The van der Waals surface area contributed by atoms with Crippen LogP contribution in [-0.2, 0) is 0 Å². The van der Waals surface area contributed by atoms with Crippen molar-refractivity contribution in [3.8, 4) is 11.5 Å². The lowest BCUT2D eigenvalue weighted by Crippen LogP contribution is -2.07. The molecule has 2 fully saturated rings. The molecule has 2 saturated heterocycles. The molecule has 2 unspecified atom stereocenters. The van der Waals surface area contributed by atoms with Crippen molar-refractivity contribution in [1.82, 2.24) is 10.6 Å². The number of fused-ring (bicyclic) bond motifs is 1. The SMILES string of the molecule is c1cc(OCC2CN2)c2ccc(OCC3CN3)cc2c1. The van der Waals surface area contributed by atoms with Crippen LogP contribution < -0.4 is 20.1 Å². The first-order valence-electron chi connectivity index (χ1n) is 7.14. The molecular formula is C16H18N2O2. The molecule has 0 aliphatic carbocycles. The van der Waals surface area contributed by atoms with Gasteiger partial charge in [0.05, 0.1) is 12.1 Å².